The monoisotopic (exact) mass is 408 g/mol. The second-order valence-corrected chi connectivity index (χ2v) is 7.32. The van der Waals surface area contributed by atoms with Crippen LogP contribution in [0, 0.1) is 5.92 Å². The standard InChI is InChI=1S/C19H22Cl2N4O2/c1-12-18(19(26)22-9-10-27-2)16(25-17(24-12)7-8-23-25)6-4-13-3-5-14(20)15(21)11-13/h3,5,7-8,11,16,18H,4,6,9-10H2,1-2H3,(H,22,26). The largest absolute Gasteiger partial charge is 0.383 e. The molecule has 0 bridgehead atoms. The first kappa shape index (κ1) is 19.9. The molecule has 1 aliphatic rings. The van der Waals surface area contributed by atoms with Crippen LogP contribution in [-0.4, -0.2) is 41.7 Å². The molecule has 8 heteroatoms. The molecule has 2 heterocycles. The van der Waals surface area contributed by atoms with Gasteiger partial charge < -0.3 is 10.1 Å². The van der Waals surface area contributed by atoms with Gasteiger partial charge in [-0.2, -0.15) is 5.10 Å². The van der Waals surface area contributed by atoms with Gasteiger partial charge >= 0.3 is 0 Å². The van der Waals surface area contributed by atoms with Gasteiger partial charge in [0.2, 0.25) is 5.91 Å². The lowest BCUT2D eigenvalue weighted by Crippen LogP contribution is -2.42. The number of methoxy groups -OCH3 is 1. The summed E-state index contributed by atoms with van der Waals surface area (Å²) in [6.45, 7) is 2.82. The third-order valence-electron chi connectivity index (χ3n) is 4.69. The molecule has 0 saturated heterocycles. The van der Waals surface area contributed by atoms with Crippen LogP contribution in [-0.2, 0) is 16.0 Å². The highest BCUT2D eigenvalue weighted by molar-refractivity contribution is 6.42. The molecule has 2 unspecified atom stereocenters. The summed E-state index contributed by atoms with van der Waals surface area (Å²) in [5.74, 6) is 0.332. The van der Waals surface area contributed by atoms with Crippen molar-refractivity contribution in [3.63, 3.8) is 0 Å². The minimum absolute atomic E-state index is 0.0615. The van der Waals surface area contributed by atoms with Crippen molar-refractivity contribution in [1.82, 2.24) is 15.1 Å². The van der Waals surface area contributed by atoms with Crippen molar-refractivity contribution >= 4 is 40.6 Å². The highest BCUT2D eigenvalue weighted by Crippen LogP contribution is 2.34. The van der Waals surface area contributed by atoms with Gasteiger partial charge in [-0.05, 0) is 37.5 Å². The molecule has 0 spiro atoms. The lowest BCUT2D eigenvalue weighted by atomic mass is 9.88. The van der Waals surface area contributed by atoms with E-state index in [1.165, 1.54) is 0 Å². The van der Waals surface area contributed by atoms with E-state index in [1.807, 2.05) is 29.8 Å². The van der Waals surface area contributed by atoms with E-state index in [-0.39, 0.29) is 17.9 Å². The maximum Gasteiger partial charge on any atom is 0.231 e. The quantitative estimate of drug-likeness (QED) is 0.707. The number of aromatic nitrogens is 2. The summed E-state index contributed by atoms with van der Waals surface area (Å²) >= 11 is 12.1. The third-order valence-corrected chi connectivity index (χ3v) is 5.43. The first-order valence-electron chi connectivity index (χ1n) is 8.80. The number of carbonyl (C=O) groups excluding carboxylic acids is 1. The van der Waals surface area contributed by atoms with E-state index in [0.29, 0.717) is 23.2 Å². The maximum atomic E-state index is 12.8. The van der Waals surface area contributed by atoms with Gasteiger partial charge in [0.1, 0.15) is 0 Å². The van der Waals surface area contributed by atoms with Crippen molar-refractivity contribution in [2.75, 3.05) is 20.3 Å². The Bertz CT molecular complexity index is 850. The predicted octanol–water partition coefficient (Wildman–Crippen LogP) is 3.85. The molecule has 6 nitrogen and oxygen atoms in total. The van der Waals surface area contributed by atoms with E-state index in [2.05, 4.69) is 15.4 Å². The number of aliphatic imine (C=N–C) groups is 1. The van der Waals surface area contributed by atoms with Crippen LogP contribution in [0.15, 0.2) is 35.5 Å². The van der Waals surface area contributed by atoms with E-state index in [4.69, 9.17) is 27.9 Å². The highest BCUT2D eigenvalue weighted by atomic mass is 35.5. The zero-order valence-electron chi connectivity index (χ0n) is 15.3. The first-order chi connectivity index (χ1) is 13.0. The number of halogens is 2. The van der Waals surface area contributed by atoms with Crippen molar-refractivity contribution in [2.45, 2.75) is 25.8 Å². The Morgan fingerprint density at radius 1 is 1.30 bits per heavy atom. The normalized spacial score (nSPS) is 18.7. The van der Waals surface area contributed by atoms with E-state index < -0.39 is 0 Å². The van der Waals surface area contributed by atoms with Crippen LogP contribution in [0.2, 0.25) is 10.0 Å². The average Bonchev–Trinajstić information content (AvgIpc) is 3.10. The molecule has 0 aliphatic carbocycles. The first-order valence-corrected chi connectivity index (χ1v) is 9.56. The Morgan fingerprint density at radius 2 is 2.11 bits per heavy atom. The molecule has 1 aliphatic heterocycles. The van der Waals surface area contributed by atoms with Gasteiger partial charge in [-0.1, -0.05) is 29.3 Å². The fourth-order valence-corrected chi connectivity index (χ4v) is 3.69. The van der Waals surface area contributed by atoms with Crippen molar-refractivity contribution in [2.24, 2.45) is 10.9 Å². The molecule has 1 aromatic carbocycles. The fraction of sp³-hybridized carbons (Fsp3) is 0.421. The highest BCUT2D eigenvalue weighted by Gasteiger charge is 2.36. The lowest BCUT2D eigenvalue weighted by molar-refractivity contribution is -0.124. The van der Waals surface area contributed by atoms with E-state index >= 15 is 0 Å². The molecule has 0 radical (unpaired) electrons. The van der Waals surface area contributed by atoms with Crippen molar-refractivity contribution in [3.05, 3.63) is 46.1 Å². The molecule has 3 rings (SSSR count). The van der Waals surface area contributed by atoms with E-state index in [0.717, 1.165) is 29.9 Å². The lowest BCUT2D eigenvalue weighted by Gasteiger charge is -2.31. The topological polar surface area (TPSA) is 68.5 Å². The summed E-state index contributed by atoms with van der Waals surface area (Å²) < 4.78 is 6.86. The SMILES string of the molecule is COCCNC(=O)C1C(C)=Nc2ccnn2C1CCc1ccc(Cl)c(Cl)c1. The number of carbonyl (C=O) groups is 1. The molecule has 27 heavy (non-hydrogen) atoms. The summed E-state index contributed by atoms with van der Waals surface area (Å²) in [5.41, 5.74) is 1.86. The van der Waals surface area contributed by atoms with Gasteiger partial charge in [0.05, 0.1) is 34.8 Å². The van der Waals surface area contributed by atoms with Gasteiger partial charge in [0, 0.05) is 25.4 Å². The number of amides is 1. The Labute approximate surface area is 168 Å². The molecular weight excluding hydrogens is 387 g/mol. The molecule has 144 valence electrons. The van der Waals surface area contributed by atoms with Gasteiger partial charge in [-0.25, -0.2) is 9.67 Å². The van der Waals surface area contributed by atoms with Crippen LogP contribution in [0.25, 0.3) is 0 Å². The Morgan fingerprint density at radius 3 is 2.85 bits per heavy atom. The number of hydrogen-bond donors (Lipinski definition) is 1. The Hall–Kier alpha value is -1.89. The molecule has 1 N–H and O–H groups in total. The summed E-state index contributed by atoms with van der Waals surface area (Å²) in [5, 5.41) is 8.40. The predicted molar refractivity (Wildman–Crippen MR) is 107 cm³/mol. The number of aryl methyl sites for hydroxylation is 1. The number of benzene rings is 1. The Balaban J connectivity index is 1.80. The second kappa shape index (κ2) is 8.87. The van der Waals surface area contributed by atoms with Gasteiger partial charge in [0.15, 0.2) is 5.82 Å². The third kappa shape index (κ3) is 4.51. The minimum atomic E-state index is -0.378. The van der Waals surface area contributed by atoms with Crippen LogP contribution < -0.4 is 5.32 Å². The number of hydrogen-bond acceptors (Lipinski definition) is 4. The number of nitrogens with one attached hydrogen (secondary N) is 1. The zero-order chi connectivity index (χ0) is 19.4. The molecule has 1 aromatic heterocycles. The van der Waals surface area contributed by atoms with Gasteiger partial charge in [-0.3, -0.25) is 4.79 Å². The van der Waals surface area contributed by atoms with Crippen LogP contribution in [0.3, 0.4) is 0 Å². The molecule has 0 saturated carbocycles. The minimum Gasteiger partial charge on any atom is -0.383 e. The smallest absolute Gasteiger partial charge is 0.231 e. The van der Waals surface area contributed by atoms with Crippen LogP contribution in [0.5, 0.6) is 0 Å². The van der Waals surface area contributed by atoms with Gasteiger partial charge in [0.25, 0.3) is 0 Å². The van der Waals surface area contributed by atoms with Crippen molar-refractivity contribution in [3.8, 4) is 0 Å². The average molecular weight is 409 g/mol. The zero-order valence-corrected chi connectivity index (χ0v) is 16.8. The summed E-state index contributed by atoms with van der Waals surface area (Å²) in [6.07, 6.45) is 3.18. The van der Waals surface area contributed by atoms with Crippen molar-refractivity contribution in [1.29, 1.82) is 0 Å². The summed E-state index contributed by atoms with van der Waals surface area (Å²) in [4.78, 5) is 17.4. The Kier molecular flexibility index (Phi) is 6.52. The second-order valence-electron chi connectivity index (χ2n) is 6.50. The maximum absolute atomic E-state index is 12.8. The molecule has 0 fully saturated rings. The molecule has 2 aromatic rings. The van der Waals surface area contributed by atoms with E-state index in [9.17, 15) is 4.79 Å². The number of nitrogens with zero attached hydrogens (tertiary/aromatic N) is 3. The molecular formula is C19H22Cl2N4O2. The van der Waals surface area contributed by atoms with Crippen LogP contribution in [0.1, 0.15) is 24.9 Å². The summed E-state index contributed by atoms with van der Waals surface area (Å²) in [6, 6.07) is 7.35. The molecule has 1 amide bonds. The fourth-order valence-electron chi connectivity index (χ4n) is 3.37. The number of ether oxygens (including phenoxy) is 1. The van der Waals surface area contributed by atoms with Crippen molar-refractivity contribution < 1.29 is 9.53 Å². The van der Waals surface area contributed by atoms with Gasteiger partial charge in [-0.15, -0.1) is 0 Å². The van der Waals surface area contributed by atoms with Crippen LogP contribution >= 0.6 is 23.2 Å². The number of rotatable bonds is 7. The van der Waals surface area contributed by atoms with E-state index in [1.54, 1.807) is 19.4 Å². The molecule has 2 atom stereocenters. The number of fused-ring (bicyclic) bond motifs is 1. The summed E-state index contributed by atoms with van der Waals surface area (Å²) in [7, 11) is 1.61. The van der Waals surface area contributed by atoms with Crippen LogP contribution in [0.4, 0.5) is 5.82 Å².